The summed E-state index contributed by atoms with van der Waals surface area (Å²) in [5.41, 5.74) is 5.43. The van der Waals surface area contributed by atoms with Crippen LogP contribution in [0.15, 0.2) is 30.3 Å². The highest BCUT2D eigenvalue weighted by molar-refractivity contribution is 5.90. The van der Waals surface area contributed by atoms with Crippen LogP contribution in [0.25, 0.3) is 5.69 Å². The number of ether oxygens (including phenoxy) is 1. The molecule has 1 heterocycles. The van der Waals surface area contributed by atoms with Crippen LogP contribution in [0.1, 0.15) is 17.7 Å². The fourth-order valence-corrected chi connectivity index (χ4v) is 2.26. The Balaban J connectivity index is 2.28. The summed E-state index contributed by atoms with van der Waals surface area (Å²) in [6.45, 7) is 1.85. The molecule has 6 nitrogen and oxygen atoms in total. The molecule has 1 aromatic heterocycles. The number of rotatable bonds is 6. The van der Waals surface area contributed by atoms with Crippen LogP contribution in [0.2, 0.25) is 0 Å². The second-order valence-corrected chi connectivity index (χ2v) is 5.48. The van der Waals surface area contributed by atoms with E-state index in [1.165, 1.54) is 23.9 Å². The lowest BCUT2D eigenvalue weighted by atomic mass is 10.2. The molecule has 2 rings (SSSR count). The van der Waals surface area contributed by atoms with E-state index in [4.69, 9.17) is 10.5 Å². The van der Waals surface area contributed by atoms with Crippen molar-refractivity contribution in [2.45, 2.75) is 25.6 Å². The normalized spacial score (nSPS) is 12.9. The molecule has 9 heteroatoms. The maximum absolute atomic E-state index is 12.9. The van der Waals surface area contributed by atoms with Crippen molar-refractivity contribution < 1.29 is 22.7 Å². The molecule has 1 atom stereocenters. The van der Waals surface area contributed by atoms with E-state index in [0.717, 1.165) is 12.1 Å². The van der Waals surface area contributed by atoms with Crippen LogP contribution in [-0.4, -0.2) is 35.4 Å². The first-order chi connectivity index (χ1) is 11.7. The molecule has 25 heavy (non-hydrogen) atoms. The van der Waals surface area contributed by atoms with Crippen LogP contribution < -0.4 is 11.1 Å². The largest absolute Gasteiger partial charge is 0.416 e. The third-order valence-electron chi connectivity index (χ3n) is 3.53. The van der Waals surface area contributed by atoms with Crippen molar-refractivity contribution >= 4 is 11.7 Å². The zero-order chi connectivity index (χ0) is 18.6. The molecule has 136 valence electrons. The Morgan fingerprint density at radius 2 is 2.12 bits per heavy atom. The second kappa shape index (κ2) is 7.66. The molecular formula is C16H19F3N4O2. The molecule has 1 amide bonds. The highest BCUT2D eigenvalue weighted by Gasteiger charge is 2.30. The molecule has 0 aliphatic carbocycles. The Bertz CT molecular complexity index is 739. The van der Waals surface area contributed by atoms with E-state index in [1.807, 2.05) is 0 Å². The maximum atomic E-state index is 12.9. The number of hydrogen-bond acceptors (Lipinski definition) is 4. The van der Waals surface area contributed by atoms with Crippen LogP contribution in [0, 0.1) is 6.92 Å². The Kier molecular flexibility index (Phi) is 5.81. The minimum Gasteiger partial charge on any atom is -0.380 e. The molecule has 0 radical (unpaired) electrons. The summed E-state index contributed by atoms with van der Waals surface area (Å²) in [5.74, 6) is -0.0980. The fourth-order valence-electron chi connectivity index (χ4n) is 2.26. The lowest BCUT2D eigenvalue weighted by Gasteiger charge is -2.14. The number of alkyl halides is 3. The molecule has 0 bridgehead atoms. The van der Waals surface area contributed by atoms with Gasteiger partial charge in [-0.15, -0.1) is 0 Å². The van der Waals surface area contributed by atoms with E-state index in [1.54, 1.807) is 13.0 Å². The smallest absolute Gasteiger partial charge is 0.380 e. The number of hydrogen-bond donors (Lipinski definition) is 2. The fraction of sp³-hybridized carbons (Fsp3) is 0.375. The minimum atomic E-state index is -4.46. The monoisotopic (exact) mass is 356 g/mol. The average Bonchev–Trinajstić information content (AvgIpc) is 2.92. The summed E-state index contributed by atoms with van der Waals surface area (Å²) in [6, 6.07) is 6.29. The second-order valence-electron chi connectivity index (χ2n) is 5.48. The van der Waals surface area contributed by atoms with Gasteiger partial charge in [0.05, 0.1) is 29.5 Å². The van der Waals surface area contributed by atoms with E-state index >= 15 is 0 Å². The van der Waals surface area contributed by atoms with Crippen molar-refractivity contribution in [3.8, 4) is 5.69 Å². The van der Waals surface area contributed by atoms with Gasteiger partial charge in [0.1, 0.15) is 5.82 Å². The van der Waals surface area contributed by atoms with Crippen molar-refractivity contribution in [2.24, 2.45) is 5.73 Å². The van der Waals surface area contributed by atoms with Crippen LogP contribution in [0.5, 0.6) is 0 Å². The van der Waals surface area contributed by atoms with Crippen LogP contribution in [0.4, 0.5) is 19.0 Å². The summed E-state index contributed by atoms with van der Waals surface area (Å²) in [4.78, 5) is 12.1. The lowest BCUT2D eigenvalue weighted by Crippen LogP contribution is -2.28. The van der Waals surface area contributed by atoms with E-state index in [9.17, 15) is 18.0 Å². The molecule has 0 fully saturated rings. The van der Waals surface area contributed by atoms with Gasteiger partial charge in [0.25, 0.3) is 0 Å². The molecular weight excluding hydrogens is 337 g/mol. The number of halogens is 3. The van der Waals surface area contributed by atoms with Gasteiger partial charge in [-0.2, -0.15) is 18.3 Å². The van der Waals surface area contributed by atoms with E-state index in [-0.39, 0.29) is 30.4 Å². The maximum Gasteiger partial charge on any atom is 0.416 e. The first-order valence-electron chi connectivity index (χ1n) is 7.51. The van der Waals surface area contributed by atoms with Gasteiger partial charge < -0.3 is 15.8 Å². The van der Waals surface area contributed by atoms with Gasteiger partial charge in [-0.3, -0.25) is 4.79 Å². The number of nitrogens with one attached hydrogen (secondary N) is 1. The number of amides is 1. The highest BCUT2D eigenvalue weighted by Crippen LogP contribution is 2.31. The van der Waals surface area contributed by atoms with E-state index < -0.39 is 17.8 Å². The predicted molar refractivity (Wildman–Crippen MR) is 86.4 cm³/mol. The van der Waals surface area contributed by atoms with Crippen LogP contribution in [-0.2, 0) is 15.7 Å². The van der Waals surface area contributed by atoms with Gasteiger partial charge in [-0.25, -0.2) is 4.68 Å². The third-order valence-corrected chi connectivity index (χ3v) is 3.53. The lowest BCUT2D eigenvalue weighted by molar-refractivity contribution is -0.137. The number of aryl methyl sites for hydroxylation is 1. The van der Waals surface area contributed by atoms with Crippen LogP contribution >= 0.6 is 0 Å². The van der Waals surface area contributed by atoms with Crippen molar-refractivity contribution in [2.75, 3.05) is 19.0 Å². The Hall–Kier alpha value is -2.39. The number of aromatic nitrogens is 2. The topological polar surface area (TPSA) is 82.2 Å². The first-order valence-corrected chi connectivity index (χ1v) is 7.51. The molecule has 0 saturated carbocycles. The van der Waals surface area contributed by atoms with Gasteiger partial charge in [0.2, 0.25) is 5.91 Å². The van der Waals surface area contributed by atoms with E-state index in [2.05, 4.69) is 10.4 Å². The molecule has 3 N–H and O–H groups in total. The number of carbonyl (C=O) groups is 1. The summed E-state index contributed by atoms with van der Waals surface area (Å²) >= 11 is 0. The molecule has 0 saturated heterocycles. The number of methoxy groups -OCH3 is 1. The summed E-state index contributed by atoms with van der Waals surface area (Å²) < 4.78 is 45.0. The molecule has 0 aliphatic rings. The zero-order valence-corrected chi connectivity index (χ0v) is 13.8. The molecule has 0 aliphatic heterocycles. The summed E-state index contributed by atoms with van der Waals surface area (Å²) in [6.07, 6.45) is -4.88. The van der Waals surface area contributed by atoms with Crippen molar-refractivity contribution in [3.05, 3.63) is 41.6 Å². The molecule has 1 aromatic carbocycles. The SMILES string of the molecule is COC(CN)CC(=O)Nc1cc(C)nn1-c1cccc(C(F)(F)F)c1. The Morgan fingerprint density at radius 1 is 1.40 bits per heavy atom. The number of anilines is 1. The molecule has 0 spiro atoms. The summed E-state index contributed by atoms with van der Waals surface area (Å²) in [5, 5.41) is 6.79. The van der Waals surface area contributed by atoms with Gasteiger partial charge >= 0.3 is 6.18 Å². The third kappa shape index (κ3) is 4.80. The average molecular weight is 356 g/mol. The number of benzene rings is 1. The van der Waals surface area contributed by atoms with Crippen molar-refractivity contribution in [1.82, 2.24) is 9.78 Å². The number of nitrogens with zero attached hydrogens (tertiary/aromatic N) is 2. The minimum absolute atomic E-state index is 0.0276. The summed E-state index contributed by atoms with van der Waals surface area (Å²) in [7, 11) is 1.45. The Labute approximate surface area is 142 Å². The van der Waals surface area contributed by atoms with Gasteiger partial charge in [-0.1, -0.05) is 6.07 Å². The van der Waals surface area contributed by atoms with E-state index in [0.29, 0.717) is 5.69 Å². The predicted octanol–water partition coefficient (Wildman–Crippen LogP) is 2.50. The quantitative estimate of drug-likeness (QED) is 0.833. The Morgan fingerprint density at radius 3 is 2.72 bits per heavy atom. The van der Waals surface area contributed by atoms with Gasteiger partial charge in [-0.05, 0) is 25.1 Å². The van der Waals surface area contributed by atoms with Crippen molar-refractivity contribution in [1.29, 1.82) is 0 Å². The zero-order valence-electron chi connectivity index (χ0n) is 13.8. The molecule has 1 unspecified atom stereocenters. The number of carbonyl (C=O) groups excluding carboxylic acids is 1. The number of nitrogens with two attached hydrogens (primary N) is 1. The molecule has 2 aromatic rings. The van der Waals surface area contributed by atoms with Gasteiger partial charge in [0, 0.05) is 19.7 Å². The first kappa shape index (κ1) is 18.9. The van der Waals surface area contributed by atoms with Gasteiger partial charge in [0.15, 0.2) is 0 Å². The van der Waals surface area contributed by atoms with Crippen molar-refractivity contribution in [3.63, 3.8) is 0 Å². The van der Waals surface area contributed by atoms with Crippen LogP contribution in [0.3, 0.4) is 0 Å². The highest BCUT2D eigenvalue weighted by atomic mass is 19.4. The standard InChI is InChI=1S/C16H19F3N4O2/c1-10-6-14(21-15(24)8-13(9-20)25-2)23(22-10)12-5-3-4-11(7-12)16(17,18)19/h3-7,13H,8-9,20H2,1-2H3,(H,21,24).